The maximum atomic E-state index is 13.5. The van der Waals surface area contributed by atoms with Crippen molar-refractivity contribution in [2.45, 2.75) is 6.04 Å². The average molecular weight is 270 g/mol. The Bertz CT molecular complexity index is 662. The van der Waals surface area contributed by atoms with Gasteiger partial charge in [-0.2, -0.15) is 5.26 Å². The van der Waals surface area contributed by atoms with E-state index in [1.165, 1.54) is 18.2 Å². The molecule has 1 aromatic carbocycles. The van der Waals surface area contributed by atoms with Crippen molar-refractivity contribution in [3.8, 4) is 6.07 Å². The smallest absolute Gasteiger partial charge is 0.183 e. The van der Waals surface area contributed by atoms with Crippen molar-refractivity contribution >= 4 is 15.5 Å². The predicted molar refractivity (Wildman–Crippen MR) is 61.4 cm³/mol. The van der Waals surface area contributed by atoms with Crippen LogP contribution >= 0.6 is 0 Å². The molecule has 1 unspecified atom stereocenters. The molecule has 0 saturated carbocycles. The zero-order valence-electron chi connectivity index (χ0n) is 9.02. The topological polar surface area (TPSA) is 70.0 Å². The summed E-state index contributed by atoms with van der Waals surface area (Å²) in [6, 6.07) is 3.25. The van der Waals surface area contributed by atoms with E-state index in [0.29, 0.717) is 0 Å². The lowest BCUT2D eigenvalue weighted by molar-refractivity contribution is 0.508. The third-order valence-corrected chi connectivity index (χ3v) is 3.87. The van der Waals surface area contributed by atoms with E-state index >= 15 is 0 Å². The van der Waals surface area contributed by atoms with Crippen molar-refractivity contribution in [3.63, 3.8) is 0 Å². The minimum atomic E-state index is -3.26. The number of nitrogens with zero attached hydrogens (tertiary/aromatic N) is 1. The van der Waals surface area contributed by atoms with E-state index in [1.807, 2.05) is 0 Å². The number of hydrogen-bond acceptors (Lipinski definition) is 4. The normalized spacial score (nSPS) is 20.6. The van der Waals surface area contributed by atoms with E-state index in [1.54, 1.807) is 0 Å². The molecule has 1 aliphatic heterocycles. The summed E-state index contributed by atoms with van der Waals surface area (Å²) >= 11 is 0. The highest BCUT2D eigenvalue weighted by Crippen LogP contribution is 2.22. The Balaban J connectivity index is 2.25. The first-order valence-corrected chi connectivity index (χ1v) is 6.70. The van der Waals surface area contributed by atoms with Gasteiger partial charge in [0.2, 0.25) is 0 Å². The Labute approximate surface area is 102 Å². The number of nitriles is 1. The molecule has 94 valence electrons. The molecule has 1 aromatic rings. The van der Waals surface area contributed by atoms with Gasteiger partial charge in [0.1, 0.15) is 6.07 Å². The molecule has 1 atom stereocenters. The zero-order chi connectivity index (χ0) is 13.3. The van der Waals surface area contributed by atoms with E-state index in [2.05, 4.69) is 5.32 Å². The number of anilines is 1. The minimum absolute atomic E-state index is 0.168. The Morgan fingerprint density at radius 2 is 2.06 bits per heavy atom. The molecule has 2 rings (SSSR count). The number of sulfone groups is 1. The fraction of sp³-hybridized carbons (Fsp3) is 0.182. The standard InChI is InChI=1S/C11H8F2N2O2S/c12-10-7(5-14)1-2-9(11(10)13)15-8-3-4-18(16,17)6-8/h1-4,8,15H,6H2. The number of benzene rings is 1. The Hall–Kier alpha value is -1.94. The molecule has 1 heterocycles. The largest absolute Gasteiger partial charge is 0.375 e. The number of rotatable bonds is 2. The van der Waals surface area contributed by atoms with Gasteiger partial charge >= 0.3 is 0 Å². The number of nitrogens with one attached hydrogen (secondary N) is 1. The van der Waals surface area contributed by atoms with Crippen molar-refractivity contribution in [3.05, 3.63) is 40.8 Å². The van der Waals surface area contributed by atoms with Gasteiger partial charge in [-0.05, 0) is 12.1 Å². The maximum Gasteiger partial charge on any atom is 0.183 e. The van der Waals surface area contributed by atoms with E-state index in [9.17, 15) is 17.2 Å². The molecule has 7 heteroatoms. The lowest BCUT2D eigenvalue weighted by atomic mass is 10.2. The molecule has 0 spiro atoms. The molecule has 0 saturated heterocycles. The lowest BCUT2D eigenvalue weighted by Crippen LogP contribution is -2.21. The van der Waals surface area contributed by atoms with Crippen molar-refractivity contribution in [1.82, 2.24) is 0 Å². The van der Waals surface area contributed by atoms with Crippen molar-refractivity contribution in [1.29, 1.82) is 5.26 Å². The van der Waals surface area contributed by atoms with Gasteiger partial charge in [-0.25, -0.2) is 17.2 Å². The van der Waals surface area contributed by atoms with Crippen LogP contribution in [0.15, 0.2) is 23.6 Å². The Morgan fingerprint density at radius 1 is 1.33 bits per heavy atom. The lowest BCUT2D eigenvalue weighted by Gasteiger charge is -2.12. The first-order chi connectivity index (χ1) is 8.43. The van der Waals surface area contributed by atoms with Gasteiger partial charge in [-0.3, -0.25) is 0 Å². The highest BCUT2D eigenvalue weighted by molar-refractivity contribution is 7.94. The second kappa shape index (κ2) is 4.38. The average Bonchev–Trinajstić information content (AvgIpc) is 2.65. The SMILES string of the molecule is N#Cc1ccc(NC2C=CS(=O)(=O)C2)c(F)c1F. The van der Waals surface area contributed by atoms with E-state index < -0.39 is 33.1 Å². The summed E-state index contributed by atoms with van der Waals surface area (Å²) < 4.78 is 49.1. The van der Waals surface area contributed by atoms with Crippen LogP contribution in [0.1, 0.15) is 5.56 Å². The molecule has 0 aliphatic carbocycles. The Kier molecular flexibility index (Phi) is 3.05. The summed E-state index contributed by atoms with van der Waals surface area (Å²) in [6.07, 6.45) is 1.37. The molecular formula is C11H8F2N2O2S. The quantitative estimate of drug-likeness (QED) is 0.885. The summed E-state index contributed by atoms with van der Waals surface area (Å²) in [4.78, 5) is 0. The van der Waals surface area contributed by atoms with Gasteiger partial charge in [0.05, 0.1) is 23.0 Å². The van der Waals surface area contributed by atoms with Crippen LogP contribution in [0.5, 0.6) is 0 Å². The minimum Gasteiger partial charge on any atom is -0.375 e. The highest BCUT2D eigenvalue weighted by atomic mass is 32.2. The summed E-state index contributed by atoms with van der Waals surface area (Å²) in [5.74, 6) is -2.63. The highest BCUT2D eigenvalue weighted by Gasteiger charge is 2.23. The molecule has 4 nitrogen and oxygen atoms in total. The van der Waals surface area contributed by atoms with Crippen LogP contribution in [0, 0.1) is 23.0 Å². The summed E-state index contributed by atoms with van der Waals surface area (Å²) in [7, 11) is -3.26. The summed E-state index contributed by atoms with van der Waals surface area (Å²) in [5.41, 5.74) is -0.564. The molecular weight excluding hydrogens is 262 g/mol. The van der Waals surface area contributed by atoms with Gasteiger partial charge in [0.25, 0.3) is 0 Å². The maximum absolute atomic E-state index is 13.5. The van der Waals surface area contributed by atoms with Gasteiger partial charge in [-0.1, -0.05) is 6.08 Å². The van der Waals surface area contributed by atoms with Crippen LogP contribution in [0.4, 0.5) is 14.5 Å². The Morgan fingerprint density at radius 3 is 2.61 bits per heavy atom. The van der Waals surface area contributed by atoms with Crippen LogP contribution in [-0.2, 0) is 9.84 Å². The van der Waals surface area contributed by atoms with E-state index in [4.69, 9.17) is 5.26 Å². The summed E-state index contributed by atoms with van der Waals surface area (Å²) in [5, 5.41) is 12.1. The van der Waals surface area contributed by atoms with Gasteiger partial charge < -0.3 is 5.32 Å². The van der Waals surface area contributed by atoms with Crippen molar-refractivity contribution < 1.29 is 17.2 Å². The number of hydrogen-bond donors (Lipinski definition) is 1. The molecule has 1 N–H and O–H groups in total. The molecule has 0 aromatic heterocycles. The fourth-order valence-corrected chi connectivity index (χ4v) is 2.85. The molecule has 0 radical (unpaired) electrons. The zero-order valence-corrected chi connectivity index (χ0v) is 9.84. The van der Waals surface area contributed by atoms with Gasteiger partial charge in [0, 0.05) is 5.41 Å². The van der Waals surface area contributed by atoms with Crippen LogP contribution < -0.4 is 5.32 Å². The van der Waals surface area contributed by atoms with Crippen molar-refractivity contribution in [2.75, 3.05) is 11.1 Å². The first kappa shape index (κ1) is 12.5. The van der Waals surface area contributed by atoms with E-state index in [0.717, 1.165) is 11.5 Å². The molecule has 1 aliphatic rings. The molecule has 0 bridgehead atoms. The second-order valence-electron chi connectivity index (χ2n) is 3.81. The fourth-order valence-electron chi connectivity index (χ4n) is 1.61. The molecule has 18 heavy (non-hydrogen) atoms. The molecule has 0 amide bonds. The third kappa shape index (κ3) is 2.33. The van der Waals surface area contributed by atoms with Crippen LogP contribution in [0.3, 0.4) is 0 Å². The third-order valence-electron chi connectivity index (χ3n) is 2.47. The van der Waals surface area contributed by atoms with Crippen molar-refractivity contribution in [2.24, 2.45) is 0 Å². The van der Waals surface area contributed by atoms with Gasteiger partial charge in [-0.15, -0.1) is 0 Å². The van der Waals surface area contributed by atoms with Crippen LogP contribution in [0.25, 0.3) is 0 Å². The first-order valence-electron chi connectivity index (χ1n) is 4.98. The van der Waals surface area contributed by atoms with Crippen LogP contribution in [-0.4, -0.2) is 20.2 Å². The molecule has 0 fully saturated rings. The monoisotopic (exact) mass is 270 g/mol. The van der Waals surface area contributed by atoms with E-state index in [-0.39, 0.29) is 11.4 Å². The summed E-state index contributed by atoms with van der Waals surface area (Å²) in [6.45, 7) is 0. The second-order valence-corrected chi connectivity index (χ2v) is 5.74. The predicted octanol–water partition coefficient (Wildman–Crippen LogP) is 1.56. The van der Waals surface area contributed by atoms with Gasteiger partial charge in [0.15, 0.2) is 21.5 Å². The number of halogens is 2. The van der Waals surface area contributed by atoms with Crippen LogP contribution in [0.2, 0.25) is 0 Å².